The molecule has 0 aliphatic rings. The summed E-state index contributed by atoms with van der Waals surface area (Å²) in [5.74, 6) is -1.27. The Bertz CT molecular complexity index is 444. The number of H-pyrrole nitrogens is 1. The van der Waals surface area contributed by atoms with Crippen molar-refractivity contribution in [1.82, 2.24) is 4.98 Å². The van der Waals surface area contributed by atoms with Gasteiger partial charge in [0.2, 0.25) is 0 Å². The standard InChI is InChI=1S/C8H6F2INO3/c9-8(10)7-3(1-6(14)15)12-5(11)2-4(7)13/h2,8H,1H2,(H,12,13)(H,14,15). The van der Waals surface area contributed by atoms with Crippen LogP contribution in [-0.4, -0.2) is 16.1 Å². The highest BCUT2D eigenvalue weighted by atomic mass is 127. The molecular weight excluding hydrogens is 323 g/mol. The molecule has 0 unspecified atom stereocenters. The van der Waals surface area contributed by atoms with E-state index in [9.17, 15) is 18.4 Å². The van der Waals surface area contributed by atoms with Crippen LogP contribution in [0.2, 0.25) is 0 Å². The number of hydrogen-bond acceptors (Lipinski definition) is 2. The molecule has 0 bridgehead atoms. The minimum Gasteiger partial charge on any atom is -0.481 e. The molecule has 82 valence electrons. The van der Waals surface area contributed by atoms with Gasteiger partial charge in [-0.25, -0.2) is 8.78 Å². The van der Waals surface area contributed by atoms with E-state index >= 15 is 0 Å². The summed E-state index contributed by atoms with van der Waals surface area (Å²) in [6.45, 7) is 0. The number of aromatic amines is 1. The van der Waals surface area contributed by atoms with Crippen molar-refractivity contribution in [1.29, 1.82) is 0 Å². The van der Waals surface area contributed by atoms with Gasteiger partial charge in [0.15, 0.2) is 5.43 Å². The summed E-state index contributed by atoms with van der Waals surface area (Å²) in [6.07, 6.45) is -3.59. The Balaban J connectivity index is 3.33. The van der Waals surface area contributed by atoms with E-state index in [2.05, 4.69) is 4.98 Å². The first kappa shape index (κ1) is 12.1. The zero-order valence-corrected chi connectivity index (χ0v) is 9.42. The molecule has 2 N–H and O–H groups in total. The van der Waals surface area contributed by atoms with Gasteiger partial charge in [0.25, 0.3) is 6.43 Å². The molecule has 0 aliphatic heterocycles. The van der Waals surface area contributed by atoms with Crippen LogP contribution in [0.4, 0.5) is 8.78 Å². The van der Waals surface area contributed by atoms with E-state index in [4.69, 9.17) is 5.11 Å². The van der Waals surface area contributed by atoms with Crippen LogP contribution < -0.4 is 5.43 Å². The Labute approximate surface area is 96.5 Å². The van der Waals surface area contributed by atoms with Gasteiger partial charge in [0.1, 0.15) is 0 Å². The SMILES string of the molecule is O=C(O)Cc1[nH]c(I)cc(=O)c1C(F)F. The Kier molecular flexibility index (Phi) is 3.77. The smallest absolute Gasteiger partial charge is 0.309 e. The van der Waals surface area contributed by atoms with Gasteiger partial charge < -0.3 is 10.1 Å². The molecule has 0 aliphatic carbocycles. The number of hydrogen-bond donors (Lipinski definition) is 2. The molecule has 0 spiro atoms. The van der Waals surface area contributed by atoms with E-state index in [0.29, 0.717) is 3.70 Å². The van der Waals surface area contributed by atoms with Gasteiger partial charge in [-0.05, 0) is 22.6 Å². The lowest BCUT2D eigenvalue weighted by Gasteiger charge is -2.06. The molecule has 1 aromatic rings. The molecule has 0 aromatic carbocycles. The molecular formula is C8H6F2INO3. The minimum absolute atomic E-state index is 0.241. The summed E-state index contributed by atoms with van der Waals surface area (Å²) in [5, 5.41) is 8.49. The van der Waals surface area contributed by atoms with Crippen molar-refractivity contribution >= 4 is 28.6 Å². The lowest BCUT2D eigenvalue weighted by molar-refractivity contribution is -0.136. The minimum atomic E-state index is -2.97. The van der Waals surface area contributed by atoms with E-state index in [-0.39, 0.29) is 5.69 Å². The van der Waals surface area contributed by atoms with Crippen molar-refractivity contribution in [3.8, 4) is 0 Å². The average Bonchev–Trinajstić information content (AvgIpc) is 1.99. The van der Waals surface area contributed by atoms with Crippen LogP contribution in [-0.2, 0) is 11.2 Å². The second kappa shape index (κ2) is 4.69. The maximum absolute atomic E-state index is 12.5. The van der Waals surface area contributed by atoms with Crippen LogP contribution in [0.3, 0.4) is 0 Å². The predicted octanol–water partition coefficient (Wildman–Crippen LogP) is 1.54. The lowest BCUT2D eigenvalue weighted by atomic mass is 10.1. The van der Waals surface area contributed by atoms with Crippen LogP contribution in [0.1, 0.15) is 17.7 Å². The molecule has 15 heavy (non-hydrogen) atoms. The van der Waals surface area contributed by atoms with Crippen molar-refractivity contribution in [3.63, 3.8) is 0 Å². The zero-order chi connectivity index (χ0) is 11.6. The fraction of sp³-hybridized carbons (Fsp3) is 0.250. The number of rotatable bonds is 3. The summed E-state index contributed by atoms with van der Waals surface area (Å²) >= 11 is 1.72. The Morgan fingerprint density at radius 3 is 2.67 bits per heavy atom. The Morgan fingerprint density at radius 2 is 2.20 bits per heavy atom. The zero-order valence-electron chi connectivity index (χ0n) is 7.26. The normalized spacial score (nSPS) is 10.7. The van der Waals surface area contributed by atoms with E-state index in [1.807, 2.05) is 0 Å². The van der Waals surface area contributed by atoms with Crippen molar-refractivity contribution in [2.45, 2.75) is 12.8 Å². The number of alkyl halides is 2. The molecule has 0 saturated heterocycles. The molecule has 0 saturated carbocycles. The number of aromatic nitrogens is 1. The molecule has 1 aromatic heterocycles. The fourth-order valence-electron chi connectivity index (χ4n) is 1.12. The molecule has 4 nitrogen and oxygen atoms in total. The maximum atomic E-state index is 12.5. The first-order chi connectivity index (χ1) is 6.91. The maximum Gasteiger partial charge on any atom is 0.309 e. The van der Waals surface area contributed by atoms with Gasteiger partial charge in [-0.3, -0.25) is 9.59 Å². The van der Waals surface area contributed by atoms with Gasteiger partial charge in [-0.1, -0.05) is 0 Å². The topological polar surface area (TPSA) is 70.2 Å². The van der Waals surface area contributed by atoms with Crippen LogP contribution in [0.25, 0.3) is 0 Å². The van der Waals surface area contributed by atoms with Gasteiger partial charge in [-0.2, -0.15) is 0 Å². The first-order valence-corrected chi connectivity index (χ1v) is 4.91. The van der Waals surface area contributed by atoms with E-state index in [1.165, 1.54) is 0 Å². The molecule has 0 fully saturated rings. The second-order valence-electron chi connectivity index (χ2n) is 2.74. The average molecular weight is 329 g/mol. The van der Waals surface area contributed by atoms with Gasteiger partial charge in [-0.15, -0.1) is 0 Å². The summed E-state index contributed by atoms with van der Waals surface area (Å²) in [7, 11) is 0. The Hall–Kier alpha value is -0.990. The number of carboxylic acid groups (broad SMARTS) is 1. The highest BCUT2D eigenvalue weighted by Crippen LogP contribution is 2.19. The van der Waals surface area contributed by atoms with E-state index in [0.717, 1.165) is 6.07 Å². The number of carboxylic acids is 1. The molecule has 0 atom stereocenters. The molecule has 1 heterocycles. The number of nitrogens with one attached hydrogen (secondary N) is 1. The monoisotopic (exact) mass is 329 g/mol. The van der Waals surface area contributed by atoms with Crippen LogP contribution >= 0.6 is 22.6 Å². The highest BCUT2D eigenvalue weighted by molar-refractivity contribution is 14.1. The Morgan fingerprint density at radius 1 is 1.60 bits per heavy atom. The van der Waals surface area contributed by atoms with E-state index in [1.54, 1.807) is 22.6 Å². The van der Waals surface area contributed by atoms with Crippen molar-refractivity contribution in [3.05, 3.63) is 31.2 Å². The number of halogens is 3. The third kappa shape index (κ3) is 2.98. The summed E-state index contributed by atoms with van der Waals surface area (Å²) in [4.78, 5) is 24.0. The van der Waals surface area contributed by atoms with Crippen molar-refractivity contribution in [2.75, 3.05) is 0 Å². The molecule has 1 rings (SSSR count). The number of aliphatic carboxylic acids is 1. The van der Waals surface area contributed by atoms with Crippen molar-refractivity contribution < 1.29 is 18.7 Å². The quantitative estimate of drug-likeness (QED) is 0.653. The largest absolute Gasteiger partial charge is 0.481 e. The predicted molar refractivity (Wildman–Crippen MR) is 56.1 cm³/mol. The van der Waals surface area contributed by atoms with Gasteiger partial charge in [0, 0.05) is 11.8 Å². The third-order valence-corrected chi connectivity index (χ3v) is 2.25. The summed E-state index contributed by atoms with van der Waals surface area (Å²) in [5.41, 5.74) is -1.85. The molecule has 0 amide bonds. The molecule has 0 radical (unpaired) electrons. The lowest BCUT2D eigenvalue weighted by Crippen LogP contribution is -2.17. The van der Waals surface area contributed by atoms with Gasteiger partial charge >= 0.3 is 5.97 Å². The van der Waals surface area contributed by atoms with E-state index < -0.39 is 29.8 Å². The summed E-state index contributed by atoms with van der Waals surface area (Å²) in [6, 6.07) is 1.01. The second-order valence-corrected chi connectivity index (χ2v) is 3.91. The van der Waals surface area contributed by atoms with Gasteiger partial charge in [0.05, 0.1) is 15.7 Å². The fourth-order valence-corrected chi connectivity index (χ4v) is 1.73. The van der Waals surface area contributed by atoms with Crippen LogP contribution in [0.5, 0.6) is 0 Å². The third-order valence-electron chi connectivity index (χ3n) is 1.66. The van der Waals surface area contributed by atoms with Crippen molar-refractivity contribution in [2.24, 2.45) is 0 Å². The summed E-state index contributed by atoms with van der Waals surface area (Å²) < 4.78 is 25.2. The van der Waals surface area contributed by atoms with Crippen LogP contribution in [0.15, 0.2) is 10.9 Å². The first-order valence-electron chi connectivity index (χ1n) is 3.83. The number of carbonyl (C=O) groups is 1. The highest BCUT2D eigenvalue weighted by Gasteiger charge is 2.19. The molecule has 7 heteroatoms. The van der Waals surface area contributed by atoms with Crippen LogP contribution in [0, 0.1) is 3.70 Å². The number of pyridine rings is 1.